The second-order valence-electron chi connectivity index (χ2n) is 3.03. The van der Waals surface area contributed by atoms with E-state index in [1.165, 1.54) is 0 Å². The molecule has 0 saturated heterocycles. The van der Waals surface area contributed by atoms with Crippen molar-refractivity contribution in [1.29, 1.82) is 0 Å². The summed E-state index contributed by atoms with van der Waals surface area (Å²) < 4.78 is 11.5. The lowest BCUT2D eigenvalue weighted by atomic mass is 10.2. The van der Waals surface area contributed by atoms with Crippen LogP contribution in [0, 0.1) is 3.57 Å². The van der Waals surface area contributed by atoms with Crippen molar-refractivity contribution in [3.63, 3.8) is 0 Å². The highest BCUT2D eigenvalue weighted by Gasteiger charge is 2.11. The molecule has 6 heteroatoms. The predicted molar refractivity (Wildman–Crippen MR) is 74.4 cm³/mol. The third-order valence-corrected chi connectivity index (χ3v) is 3.19. The minimum Gasteiger partial charge on any atom is -0.480 e. The van der Waals surface area contributed by atoms with Crippen LogP contribution in [0.25, 0.3) is 0 Å². The van der Waals surface area contributed by atoms with Gasteiger partial charge in [0.2, 0.25) is 0 Å². The van der Waals surface area contributed by atoms with Crippen molar-refractivity contribution in [2.45, 2.75) is 6.92 Å². The molecule has 0 fully saturated rings. The molecule has 1 aromatic rings. The Labute approximate surface area is 121 Å². The predicted octanol–water partition coefficient (Wildman–Crippen LogP) is 2.81. The lowest BCUT2D eigenvalue weighted by Gasteiger charge is -2.10. The first kappa shape index (κ1) is 14.4. The Morgan fingerprint density at radius 2 is 2.24 bits per heavy atom. The number of hydrogen-bond donors (Lipinski definition) is 0. The van der Waals surface area contributed by atoms with Gasteiger partial charge in [0.05, 0.1) is 14.6 Å². The molecule has 0 saturated carbocycles. The lowest BCUT2D eigenvalue weighted by molar-refractivity contribution is -0.145. The number of benzene rings is 1. The summed E-state index contributed by atoms with van der Waals surface area (Å²) in [6, 6.07) is 3.31. The van der Waals surface area contributed by atoms with Gasteiger partial charge in [-0.15, -0.1) is 0 Å². The van der Waals surface area contributed by atoms with E-state index in [-0.39, 0.29) is 6.61 Å². The maximum Gasteiger partial charge on any atom is 0.344 e. The lowest BCUT2D eigenvalue weighted by Crippen LogP contribution is -2.15. The van der Waals surface area contributed by atoms with Crippen LogP contribution in [0.4, 0.5) is 0 Å². The Kier molecular flexibility index (Phi) is 5.90. The van der Waals surface area contributed by atoms with E-state index < -0.39 is 5.97 Å². The molecule has 0 amide bonds. The van der Waals surface area contributed by atoms with Crippen molar-refractivity contribution < 1.29 is 19.1 Å². The average molecular weight is 413 g/mol. The van der Waals surface area contributed by atoms with Gasteiger partial charge >= 0.3 is 5.97 Å². The van der Waals surface area contributed by atoms with Gasteiger partial charge in [0.15, 0.2) is 6.61 Å². The minimum absolute atomic E-state index is 0.150. The van der Waals surface area contributed by atoms with Crippen LogP contribution < -0.4 is 4.74 Å². The summed E-state index contributed by atoms with van der Waals surface area (Å²) in [6.07, 6.45) is 0.752. The van der Waals surface area contributed by atoms with Gasteiger partial charge in [-0.2, -0.15) is 0 Å². The molecule has 0 heterocycles. The first-order chi connectivity index (χ1) is 8.08. The van der Waals surface area contributed by atoms with Crippen LogP contribution in [-0.2, 0) is 9.53 Å². The normalized spacial score (nSPS) is 9.82. The largest absolute Gasteiger partial charge is 0.480 e. The quantitative estimate of drug-likeness (QED) is 0.424. The summed E-state index contributed by atoms with van der Waals surface area (Å²) in [4.78, 5) is 21.8. The van der Waals surface area contributed by atoms with Gasteiger partial charge in [0, 0.05) is 5.56 Å². The molecule has 0 spiro atoms. The Morgan fingerprint density at radius 3 is 2.76 bits per heavy atom. The van der Waals surface area contributed by atoms with Crippen molar-refractivity contribution in [3.8, 4) is 5.75 Å². The molecule has 0 atom stereocenters. The highest BCUT2D eigenvalue weighted by molar-refractivity contribution is 14.1. The molecule has 0 radical (unpaired) electrons. The molecule has 0 N–H and O–H groups in total. The van der Waals surface area contributed by atoms with Crippen molar-refractivity contribution in [3.05, 3.63) is 25.7 Å². The second kappa shape index (κ2) is 6.95. The molecule has 1 aromatic carbocycles. The fraction of sp³-hybridized carbons (Fsp3) is 0.273. The second-order valence-corrected chi connectivity index (χ2v) is 5.04. The number of rotatable bonds is 5. The Balaban J connectivity index is 2.78. The van der Waals surface area contributed by atoms with Gasteiger partial charge in [-0.05, 0) is 57.6 Å². The number of hydrogen-bond acceptors (Lipinski definition) is 4. The van der Waals surface area contributed by atoms with Gasteiger partial charge in [0.1, 0.15) is 12.0 Å². The van der Waals surface area contributed by atoms with Crippen molar-refractivity contribution in [2.75, 3.05) is 13.2 Å². The molecule has 0 bridgehead atoms. The summed E-state index contributed by atoms with van der Waals surface area (Å²) >= 11 is 5.32. The standard InChI is InChI=1S/C11H10BrIO4/c1-2-16-10(15)6-17-11-8(12)3-7(5-14)4-9(11)13/h3-5H,2,6H2,1H3. The maximum atomic E-state index is 11.1. The fourth-order valence-corrected chi connectivity index (χ4v) is 2.89. The van der Waals surface area contributed by atoms with E-state index >= 15 is 0 Å². The Hall–Kier alpha value is -0.630. The van der Waals surface area contributed by atoms with E-state index in [2.05, 4.69) is 15.9 Å². The van der Waals surface area contributed by atoms with E-state index in [0.29, 0.717) is 22.4 Å². The highest BCUT2D eigenvalue weighted by Crippen LogP contribution is 2.31. The van der Waals surface area contributed by atoms with Gasteiger partial charge in [-0.3, -0.25) is 4.79 Å². The molecule has 0 aliphatic heterocycles. The van der Waals surface area contributed by atoms with E-state index in [9.17, 15) is 9.59 Å². The molecular weight excluding hydrogens is 403 g/mol. The molecule has 4 nitrogen and oxygen atoms in total. The molecule has 1 rings (SSSR count). The topological polar surface area (TPSA) is 52.6 Å². The van der Waals surface area contributed by atoms with E-state index in [1.54, 1.807) is 19.1 Å². The van der Waals surface area contributed by atoms with Gasteiger partial charge < -0.3 is 9.47 Å². The van der Waals surface area contributed by atoms with Crippen LogP contribution >= 0.6 is 38.5 Å². The van der Waals surface area contributed by atoms with Crippen LogP contribution in [0.1, 0.15) is 17.3 Å². The maximum absolute atomic E-state index is 11.1. The molecule has 92 valence electrons. The van der Waals surface area contributed by atoms with Crippen LogP contribution in [0.15, 0.2) is 16.6 Å². The molecule has 0 unspecified atom stereocenters. The summed E-state index contributed by atoms with van der Waals surface area (Å²) in [5.41, 5.74) is 0.546. The minimum atomic E-state index is -0.422. The number of carbonyl (C=O) groups is 2. The van der Waals surface area contributed by atoms with Crippen LogP contribution in [0.3, 0.4) is 0 Å². The van der Waals surface area contributed by atoms with Crippen molar-refractivity contribution in [2.24, 2.45) is 0 Å². The van der Waals surface area contributed by atoms with Gasteiger partial charge in [0.25, 0.3) is 0 Å². The molecule has 0 aliphatic rings. The number of ether oxygens (including phenoxy) is 2. The zero-order valence-electron chi connectivity index (χ0n) is 9.04. The Morgan fingerprint density at radius 1 is 1.53 bits per heavy atom. The van der Waals surface area contributed by atoms with E-state index in [1.807, 2.05) is 22.6 Å². The molecule has 17 heavy (non-hydrogen) atoms. The van der Waals surface area contributed by atoms with Crippen molar-refractivity contribution in [1.82, 2.24) is 0 Å². The first-order valence-corrected chi connectivity index (χ1v) is 6.68. The summed E-state index contributed by atoms with van der Waals surface area (Å²) in [5.74, 6) is 0.110. The summed E-state index contributed by atoms with van der Waals surface area (Å²) in [6.45, 7) is 1.91. The van der Waals surface area contributed by atoms with Crippen LogP contribution in [0.2, 0.25) is 0 Å². The third-order valence-electron chi connectivity index (χ3n) is 1.80. The average Bonchev–Trinajstić information content (AvgIpc) is 2.28. The highest BCUT2D eigenvalue weighted by atomic mass is 127. The number of halogens is 2. The monoisotopic (exact) mass is 412 g/mol. The smallest absolute Gasteiger partial charge is 0.344 e. The molecule has 0 aromatic heterocycles. The van der Waals surface area contributed by atoms with Gasteiger partial charge in [-0.25, -0.2) is 4.79 Å². The third kappa shape index (κ3) is 4.27. The SMILES string of the molecule is CCOC(=O)COc1c(Br)cc(C=O)cc1I. The van der Waals surface area contributed by atoms with Crippen molar-refractivity contribution >= 4 is 50.8 Å². The summed E-state index contributed by atoms with van der Waals surface area (Å²) in [7, 11) is 0. The van der Waals surface area contributed by atoms with Crippen LogP contribution in [0.5, 0.6) is 5.75 Å². The zero-order chi connectivity index (χ0) is 12.8. The first-order valence-electron chi connectivity index (χ1n) is 4.81. The molecular formula is C11H10BrIO4. The molecule has 0 aliphatic carbocycles. The van der Waals surface area contributed by atoms with E-state index in [0.717, 1.165) is 9.86 Å². The zero-order valence-corrected chi connectivity index (χ0v) is 12.8. The Bertz CT molecular complexity index is 410. The van der Waals surface area contributed by atoms with Crippen LogP contribution in [-0.4, -0.2) is 25.5 Å². The fourth-order valence-electron chi connectivity index (χ4n) is 1.12. The number of esters is 1. The van der Waals surface area contributed by atoms with E-state index in [4.69, 9.17) is 9.47 Å². The number of aldehydes is 1. The van der Waals surface area contributed by atoms with Gasteiger partial charge in [-0.1, -0.05) is 0 Å². The summed E-state index contributed by atoms with van der Waals surface area (Å²) in [5, 5.41) is 0. The number of carbonyl (C=O) groups excluding carboxylic acids is 2.